The Bertz CT molecular complexity index is 1130. The Morgan fingerprint density at radius 1 is 1.09 bits per heavy atom. The summed E-state index contributed by atoms with van der Waals surface area (Å²) in [5.41, 5.74) is 4.60. The molecule has 1 aromatic heterocycles. The number of hydrogen-bond donors (Lipinski definition) is 1. The van der Waals surface area contributed by atoms with Crippen molar-refractivity contribution in [2.45, 2.75) is 38.7 Å². The van der Waals surface area contributed by atoms with Gasteiger partial charge in [-0.05, 0) is 35.7 Å². The Labute approximate surface area is 193 Å². The van der Waals surface area contributed by atoms with E-state index in [-0.39, 0.29) is 24.6 Å². The molecule has 0 saturated heterocycles. The number of Topliss-reactive ketones (excluding diaryl/α,β-unsaturated/α-hetero) is 1. The summed E-state index contributed by atoms with van der Waals surface area (Å²) in [6, 6.07) is 16.2. The highest BCUT2D eigenvalue weighted by Gasteiger charge is 2.20. The van der Waals surface area contributed by atoms with Gasteiger partial charge in [0.25, 0.3) is 0 Å². The zero-order chi connectivity index (χ0) is 24.0. The van der Waals surface area contributed by atoms with Gasteiger partial charge in [-0.25, -0.2) is 4.39 Å². The molecule has 1 atom stereocenters. The second-order valence-corrected chi connectivity index (χ2v) is 8.13. The van der Waals surface area contributed by atoms with Crippen molar-refractivity contribution in [1.29, 1.82) is 0 Å². The molecule has 0 aliphatic rings. The van der Waals surface area contributed by atoms with Crippen molar-refractivity contribution in [1.82, 2.24) is 4.57 Å². The fourth-order valence-electron chi connectivity index (χ4n) is 3.78. The first-order chi connectivity index (χ1) is 15.8. The molecule has 3 rings (SSSR count). The number of esters is 1. The van der Waals surface area contributed by atoms with Gasteiger partial charge in [0.15, 0.2) is 0 Å². The lowest BCUT2D eigenvalue weighted by molar-refractivity contribution is -0.143. The number of aromatic nitrogens is 1. The number of para-hydroxylation sites is 1. The summed E-state index contributed by atoms with van der Waals surface area (Å²) in [5.74, 6) is -1.21. The van der Waals surface area contributed by atoms with Gasteiger partial charge in [0.1, 0.15) is 18.0 Å². The molecule has 33 heavy (non-hydrogen) atoms. The van der Waals surface area contributed by atoms with Crippen LogP contribution in [-0.2, 0) is 14.3 Å². The van der Waals surface area contributed by atoms with Gasteiger partial charge in [0.2, 0.25) is 0 Å². The molecule has 172 valence electrons. The van der Waals surface area contributed by atoms with Crippen molar-refractivity contribution in [2.75, 3.05) is 7.11 Å². The first-order valence-electron chi connectivity index (χ1n) is 10.8. The summed E-state index contributed by atoms with van der Waals surface area (Å²) in [7, 11) is 1.22. The number of aliphatic hydroxyl groups is 1. The van der Waals surface area contributed by atoms with Gasteiger partial charge in [-0.2, -0.15) is 0 Å². The monoisotopic (exact) mass is 449 g/mol. The van der Waals surface area contributed by atoms with E-state index in [4.69, 9.17) is 0 Å². The van der Waals surface area contributed by atoms with Crippen LogP contribution in [0.2, 0.25) is 0 Å². The normalized spacial score (nSPS) is 12.3. The maximum atomic E-state index is 13.6. The first kappa shape index (κ1) is 24.1. The molecule has 3 aromatic rings. The minimum absolute atomic E-state index is 0.136. The molecule has 0 saturated carbocycles. The average molecular weight is 450 g/mol. The molecule has 6 heteroatoms. The molecule has 1 unspecified atom stereocenters. The summed E-state index contributed by atoms with van der Waals surface area (Å²) < 4.78 is 20.2. The Morgan fingerprint density at radius 3 is 2.36 bits per heavy atom. The third kappa shape index (κ3) is 6.05. The van der Waals surface area contributed by atoms with Crippen LogP contribution in [-0.4, -0.2) is 34.6 Å². The van der Waals surface area contributed by atoms with Crippen molar-refractivity contribution in [3.63, 3.8) is 0 Å². The first-order valence-corrected chi connectivity index (χ1v) is 10.8. The zero-order valence-electron chi connectivity index (χ0n) is 19.0. The molecule has 1 heterocycles. The van der Waals surface area contributed by atoms with E-state index >= 15 is 0 Å². The maximum Gasteiger partial charge on any atom is 0.313 e. The standard InChI is InChI=1S/C27H28FNO4/c1-18(2)27-24(14-13-22(30)15-23(31)16-26(32)33-3)25(19-9-11-20(28)12-10-19)17-29(27)21-7-5-4-6-8-21/h4-14,17-18,22,30H,15-16H2,1-3H3/b14-13+. The molecule has 0 bridgehead atoms. The van der Waals surface area contributed by atoms with Crippen LogP contribution in [0.1, 0.15) is 43.9 Å². The molecule has 0 amide bonds. The van der Waals surface area contributed by atoms with E-state index in [0.717, 1.165) is 28.1 Å². The fraction of sp³-hybridized carbons (Fsp3) is 0.259. The largest absolute Gasteiger partial charge is 0.469 e. The molecule has 0 aliphatic carbocycles. The van der Waals surface area contributed by atoms with Gasteiger partial charge >= 0.3 is 5.97 Å². The number of nitrogens with zero attached hydrogens (tertiary/aromatic N) is 1. The van der Waals surface area contributed by atoms with Crippen molar-refractivity contribution >= 4 is 17.8 Å². The molecule has 5 nitrogen and oxygen atoms in total. The Morgan fingerprint density at radius 2 is 1.76 bits per heavy atom. The highest BCUT2D eigenvalue weighted by molar-refractivity contribution is 5.95. The van der Waals surface area contributed by atoms with Gasteiger partial charge in [0, 0.05) is 35.1 Å². The van der Waals surface area contributed by atoms with E-state index in [0.29, 0.717) is 0 Å². The second kappa shape index (κ2) is 10.9. The number of carbonyl (C=O) groups excluding carboxylic acids is 2. The number of hydrogen-bond acceptors (Lipinski definition) is 4. The minimum atomic E-state index is -1.05. The quantitative estimate of drug-likeness (QED) is 0.355. The smallest absolute Gasteiger partial charge is 0.313 e. The minimum Gasteiger partial charge on any atom is -0.469 e. The highest BCUT2D eigenvalue weighted by atomic mass is 19.1. The van der Waals surface area contributed by atoms with Crippen LogP contribution in [0.4, 0.5) is 4.39 Å². The summed E-state index contributed by atoms with van der Waals surface area (Å²) >= 11 is 0. The van der Waals surface area contributed by atoms with Crippen molar-refractivity contribution in [3.05, 3.63) is 83.9 Å². The number of ether oxygens (including phenoxy) is 1. The molecule has 0 radical (unpaired) electrons. The lowest BCUT2D eigenvalue weighted by Gasteiger charge is -2.14. The van der Waals surface area contributed by atoms with Gasteiger partial charge in [0.05, 0.1) is 13.2 Å². The van der Waals surface area contributed by atoms with E-state index in [1.165, 1.54) is 19.2 Å². The summed E-state index contributed by atoms with van der Waals surface area (Å²) in [6.07, 6.45) is 3.75. The van der Waals surface area contributed by atoms with E-state index in [1.807, 2.05) is 36.5 Å². The van der Waals surface area contributed by atoms with Crippen LogP contribution in [0.15, 0.2) is 66.9 Å². The number of ketones is 1. The van der Waals surface area contributed by atoms with Crippen molar-refractivity contribution in [3.8, 4) is 16.8 Å². The summed E-state index contributed by atoms with van der Waals surface area (Å²) in [6.45, 7) is 4.16. The van der Waals surface area contributed by atoms with Crippen LogP contribution < -0.4 is 0 Å². The predicted molar refractivity (Wildman–Crippen MR) is 127 cm³/mol. The predicted octanol–water partition coefficient (Wildman–Crippen LogP) is 5.30. The molecule has 0 spiro atoms. The van der Waals surface area contributed by atoms with E-state index in [2.05, 4.69) is 23.2 Å². The van der Waals surface area contributed by atoms with Gasteiger partial charge in [-0.3, -0.25) is 9.59 Å². The topological polar surface area (TPSA) is 68.5 Å². The zero-order valence-corrected chi connectivity index (χ0v) is 19.0. The van der Waals surface area contributed by atoms with Crippen molar-refractivity contribution < 1.29 is 23.8 Å². The highest BCUT2D eigenvalue weighted by Crippen LogP contribution is 2.35. The maximum absolute atomic E-state index is 13.6. The van der Waals surface area contributed by atoms with Crippen LogP contribution in [0.5, 0.6) is 0 Å². The number of benzene rings is 2. The van der Waals surface area contributed by atoms with Gasteiger partial charge < -0.3 is 14.4 Å². The van der Waals surface area contributed by atoms with Gasteiger partial charge in [-0.15, -0.1) is 0 Å². The Hall–Kier alpha value is -3.51. The SMILES string of the molecule is COC(=O)CC(=O)CC(O)/C=C/c1c(-c2ccc(F)cc2)cn(-c2ccccc2)c1C(C)C. The number of aliphatic hydroxyl groups excluding tert-OH is 1. The summed E-state index contributed by atoms with van der Waals surface area (Å²) in [5, 5.41) is 10.4. The van der Waals surface area contributed by atoms with E-state index in [9.17, 15) is 19.1 Å². The summed E-state index contributed by atoms with van der Waals surface area (Å²) in [4.78, 5) is 23.3. The third-order valence-electron chi connectivity index (χ3n) is 5.31. The Balaban J connectivity index is 2.03. The third-order valence-corrected chi connectivity index (χ3v) is 5.31. The number of rotatable bonds is 9. The molecule has 1 N–H and O–H groups in total. The number of methoxy groups -OCH3 is 1. The molecule has 0 fully saturated rings. The Kier molecular flexibility index (Phi) is 7.96. The van der Waals surface area contributed by atoms with Crippen LogP contribution in [0.3, 0.4) is 0 Å². The van der Waals surface area contributed by atoms with Gasteiger partial charge in [-0.1, -0.05) is 56.3 Å². The van der Waals surface area contributed by atoms with E-state index in [1.54, 1.807) is 24.3 Å². The molecule has 2 aromatic carbocycles. The molecular weight excluding hydrogens is 421 g/mol. The molecule has 0 aliphatic heterocycles. The van der Waals surface area contributed by atoms with Crippen LogP contribution in [0.25, 0.3) is 22.9 Å². The van der Waals surface area contributed by atoms with Crippen LogP contribution >= 0.6 is 0 Å². The molecular formula is C27H28FNO4. The number of halogens is 1. The lowest BCUT2D eigenvalue weighted by Crippen LogP contribution is -2.15. The average Bonchev–Trinajstić information content (AvgIpc) is 3.18. The van der Waals surface area contributed by atoms with E-state index < -0.39 is 17.9 Å². The second-order valence-electron chi connectivity index (χ2n) is 8.13. The van der Waals surface area contributed by atoms with Crippen LogP contribution in [0, 0.1) is 5.82 Å². The lowest BCUT2D eigenvalue weighted by atomic mass is 9.97. The number of carbonyl (C=O) groups is 2. The fourth-order valence-corrected chi connectivity index (χ4v) is 3.78. The van der Waals surface area contributed by atoms with Crippen molar-refractivity contribution in [2.24, 2.45) is 0 Å².